The van der Waals surface area contributed by atoms with Crippen LogP contribution in [0.25, 0.3) is 21.9 Å². The Labute approximate surface area is 158 Å². The highest BCUT2D eigenvalue weighted by Crippen LogP contribution is 2.25. The van der Waals surface area contributed by atoms with Crippen LogP contribution in [-0.2, 0) is 32.6 Å². The van der Waals surface area contributed by atoms with E-state index in [2.05, 4.69) is 14.5 Å². The van der Waals surface area contributed by atoms with Crippen LogP contribution in [0.1, 0.15) is 19.2 Å². The van der Waals surface area contributed by atoms with Crippen molar-refractivity contribution >= 4 is 32.0 Å². The first-order chi connectivity index (χ1) is 13.0. The Hall–Kier alpha value is -2.07. The van der Waals surface area contributed by atoms with Crippen molar-refractivity contribution in [3.05, 3.63) is 36.3 Å². The number of fused-ring (bicyclic) bond motifs is 3. The lowest BCUT2D eigenvalue weighted by Gasteiger charge is -2.11. The summed E-state index contributed by atoms with van der Waals surface area (Å²) >= 11 is 0. The van der Waals surface area contributed by atoms with Gasteiger partial charge in [0.25, 0.3) is 0 Å². The number of nitrogens with two attached hydrogens (primary N) is 1. The summed E-state index contributed by atoms with van der Waals surface area (Å²) in [5, 5.41) is 6.02. The topological polar surface area (TPSA) is 109 Å². The van der Waals surface area contributed by atoms with Crippen LogP contribution in [0.3, 0.4) is 0 Å². The van der Waals surface area contributed by atoms with E-state index in [4.69, 9.17) is 14.6 Å². The summed E-state index contributed by atoms with van der Waals surface area (Å²) in [7, 11) is -3.44. The number of hydrogen-bond acceptors (Lipinski definition) is 6. The standard InChI is InChI=1S/C18H24N4O4S/c1-2-25-13-17-21-16-12-20-15-7-4-3-6-14(15)18(16)22(17)8-10-26-9-5-11-27(19,23)24/h3-4,6-7,12H,2,5,8-11,13H2,1H3,(H2,19,23,24). The molecule has 2 N–H and O–H groups in total. The fraction of sp³-hybridized carbons (Fsp3) is 0.444. The third kappa shape index (κ3) is 5.01. The molecule has 3 rings (SSSR count). The second-order valence-corrected chi connectivity index (χ2v) is 7.89. The van der Waals surface area contributed by atoms with Gasteiger partial charge >= 0.3 is 0 Å². The number of benzene rings is 1. The van der Waals surface area contributed by atoms with E-state index < -0.39 is 10.0 Å². The number of hydrogen-bond donors (Lipinski definition) is 1. The zero-order chi connectivity index (χ0) is 19.3. The minimum Gasteiger partial charge on any atom is -0.380 e. The first-order valence-electron chi connectivity index (χ1n) is 8.88. The lowest BCUT2D eigenvalue weighted by Crippen LogP contribution is -2.18. The zero-order valence-electron chi connectivity index (χ0n) is 15.3. The average molecular weight is 392 g/mol. The van der Waals surface area contributed by atoms with E-state index in [0.29, 0.717) is 39.4 Å². The number of aromatic nitrogens is 3. The van der Waals surface area contributed by atoms with E-state index in [-0.39, 0.29) is 5.75 Å². The summed E-state index contributed by atoms with van der Waals surface area (Å²) in [6, 6.07) is 7.93. The van der Waals surface area contributed by atoms with Crippen LogP contribution in [0.5, 0.6) is 0 Å². The van der Waals surface area contributed by atoms with E-state index in [1.54, 1.807) is 6.20 Å². The molecule has 0 fully saturated rings. The molecule has 0 atom stereocenters. The monoisotopic (exact) mass is 392 g/mol. The van der Waals surface area contributed by atoms with Gasteiger partial charge in [-0.1, -0.05) is 18.2 Å². The van der Waals surface area contributed by atoms with Crippen molar-refractivity contribution < 1.29 is 17.9 Å². The predicted octanol–water partition coefficient (Wildman–Crippen LogP) is 1.82. The van der Waals surface area contributed by atoms with Crippen molar-refractivity contribution in [2.45, 2.75) is 26.5 Å². The van der Waals surface area contributed by atoms with Gasteiger partial charge in [0.1, 0.15) is 17.9 Å². The van der Waals surface area contributed by atoms with Crippen LogP contribution in [-0.4, -0.2) is 48.5 Å². The van der Waals surface area contributed by atoms with Crippen LogP contribution in [0, 0.1) is 0 Å². The van der Waals surface area contributed by atoms with E-state index in [1.165, 1.54) is 0 Å². The molecule has 0 spiro atoms. The number of imidazole rings is 1. The molecule has 0 amide bonds. The first kappa shape index (κ1) is 19.7. The Bertz CT molecular complexity index is 1020. The molecule has 3 aromatic rings. The molecule has 2 heterocycles. The van der Waals surface area contributed by atoms with Crippen molar-refractivity contribution in [3.8, 4) is 0 Å². The highest BCUT2D eigenvalue weighted by molar-refractivity contribution is 7.89. The molecule has 9 heteroatoms. The molecule has 2 aromatic heterocycles. The summed E-state index contributed by atoms with van der Waals surface area (Å²) in [4.78, 5) is 9.14. The average Bonchev–Trinajstić information content (AvgIpc) is 3.00. The van der Waals surface area contributed by atoms with E-state index >= 15 is 0 Å². The molecule has 0 unspecified atom stereocenters. The number of ether oxygens (including phenoxy) is 2. The molecular formula is C18H24N4O4S. The minimum absolute atomic E-state index is 0.0765. The lowest BCUT2D eigenvalue weighted by atomic mass is 10.2. The Balaban J connectivity index is 1.79. The maximum absolute atomic E-state index is 11.0. The van der Waals surface area contributed by atoms with Gasteiger partial charge in [0, 0.05) is 25.1 Å². The summed E-state index contributed by atoms with van der Waals surface area (Å²) in [6.45, 7) is 4.32. The van der Waals surface area contributed by atoms with Gasteiger partial charge in [0.05, 0.1) is 29.6 Å². The highest BCUT2D eigenvalue weighted by Gasteiger charge is 2.14. The highest BCUT2D eigenvalue weighted by atomic mass is 32.2. The van der Waals surface area contributed by atoms with Crippen LogP contribution >= 0.6 is 0 Å². The second-order valence-electron chi connectivity index (χ2n) is 6.16. The summed E-state index contributed by atoms with van der Waals surface area (Å²) in [5.41, 5.74) is 2.73. The number of pyridine rings is 1. The van der Waals surface area contributed by atoms with Crippen LogP contribution < -0.4 is 5.14 Å². The summed E-state index contributed by atoms with van der Waals surface area (Å²) < 4.78 is 35.2. The van der Waals surface area contributed by atoms with Gasteiger partial charge in [-0.3, -0.25) is 4.98 Å². The second kappa shape index (κ2) is 8.75. The molecule has 0 aliphatic rings. The van der Waals surface area contributed by atoms with Crippen molar-refractivity contribution in [2.75, 3.05) is 25.6 Å². The number of para-hydroxylation sites is 1. The Morgan fingerprint density at radius 3 is 2.74 bits per heavy atom. The SMILES string of the molecule is CCOCc1nc2cnc3ccccc3c2n1CCOCCCS(N)(=O)=O. The Morgan fingerprint density at radius 1 is 1.15 bits per heavy atom. The first-order valence-corrected chi connectivity index (χ1v) is 10.6. The van der Waals surface area contributed by atoms with Gasteiger partial charge in [-0.25, -0.2) is 18.5 Å². The largest absolute Gasteiger partial charge is 0.380 e. The van der Waals surface area contributed by atoms with E-state index in [1.807, 2.05) is 31.2 Å². The van der Waals surface area contributed by atoms with Crippen LogP contribution in [0.15, 0.2) is 30.5 Å². The van der Waals surface area contributed by atoms with Gasteiger partial charge < -0.3 is 14.0 Å². The Kier molecular flexibility index (Phi) is 6.38. The van der Waals surface area contributed by atoms with E-state index in [9.17, 15) is 8.42 Å². The van der Waals surface area contributed by atoms with Crippen molar-refractivity contribution in [1.29, 1.82) is 0 Å². The number of sulfonamides is 1. The molecule has 0 aliphatic carbocycles. The quantitative estimate of drug-likeness (QED) is 0.527. The van der Waals surface area contributed by atoms with Crippen LogP contribution in [0.2, 0.25) is 0 Å². The maximum atomic E-state index is 11.0. The molecule has 0 saturated heterocycles. The molecule has 146 valence electrons. The molecule has 1 aromatic carbocycles. The Morgan fingerprint density at radius 2 is 1.96 bits per heavy atom. The predicted molar refractivity (Wildman–Crippen MR) is 104 cm³/mol. The van der Waals surface area contributed by atoms with Gasteiger partial charge in [-0.2, -0.15) is 0 Å². The third-order valence-corrected chi connectivity index (χ3v) is 5.03. The molecule has 0 bridgehead atoms. The van der Waals surface area contributed by atoms with Gasteiger partial charge in [-0.05, 0) is 19.4 Å². The van der Waals surface area contributed by atoms with E-state index in [0.717, 1.165) is 27.8 Å². The number of nitrogens with zero attached hydrogens (tertiary/aromatic N) is 3. The smallest absolute Gasteiger partial charge is 0.209 e. The fourth-order valence-electron chi connectivity index (χ4n) is 2.97. The van der Waals surface area contributed by atoms with Crippen molar-refractivity contribution in [1.82, 2.24) is 14.5 Å². The number of primary sulfonamides is 1. The molecule has 8 nitrogen and oxygen atoms in total. The van der Waals surface area contributed by atoms with Crippen LogP contribution in [0.4, 0.5) is 0 Å². The molecule has 27 heavy (non-hydrogen) atoms. The maximum Gasteiger partial charge on any atom is 0.209 e. The molecule has 0 aliphatic heterocycles. The fourth-order valence-corrected chi connectivity index (χ4v) is 3.49. The molecule has 0 radical (unpaired) electrons. The zero-order valence-corrected chi connectivity index (χ0v) is 16.1. The van der Waals surface area contributed by atoms with Gasteiger partial charge in [0.2, 0.25) is 10.0 Å². The van der Waals surface area contributed by atoms with Gasteiger partial charge in [-0.15, -0.1) is 0 Å². The minimum atomic E-state index is -3.44. The van der Waals surface area contributed by atoms with Crippen molar-refractivity contribution in [3.63, 3.8) is 0 Å². The summed E-state index contributed by atoms with van der Waals surface area (Å²) in [5.74, 6) is 0.741. The lowest BCUT2D eigenvalue weighted by molar-refractivity contribution is 0.114. The number of rotatable bonds is 10. The van der Waals surface area contributed by atoms with Crippen molar-refractivity contribution in [2.24, 2.45) is 5.14 Å². The normalized spacial score (nSPS) is 12.2. The van der Waals surface area contributed by atoms with Gasteiger partial charge in [0.15, 0.2) is 0 Å². The molecule has 0 saturated carbocycles. The summed E-state index contributed by atoms with van der Waals surface area (Å²) in [6.07, 6.45) is 2.15. The molecular weight excluding hydrogens is 368 g/mol. The third-order valence-electron chi connectivity index (χ3n) is 4.17.